The van der Waals surface area contributed by atoms with Crippen molar-refractivity contribution in [3.8, 4) is 11.3 Å². The molecule has 13 heteroatoms. The summed E-state index contributed by atoms with van der Waals surface area (Å²) in [6, 6.07) is 3.99. The number of rotatable bonds is 21. The number of aromatic amines is 1. The van der Waals surface area contributed by atoms with E-state index in [1.54, 1.807) is 6.20 Å². The molecule has 0 spiro atoms. The molecule has 4 aromatic rings. The molecule has 4 aromatic heterocycles. The summed E-state index contributed by atoms with van der Waals surface area (Å²) in [6.07, 6.45) is 8.61. The number of ketones is 1. The number of unbranched alkanes of at least 4 members (excludes halogenated alkanes) is 2. The van der Waals surface area contributed by atoms with Crippen molar-refractivity contribution in [3.63, 3.8) is 0 Å². The number of anilines is 1. The van der Waals surface area contributed by atoms with Crippen molar-refractivity contribution in [2.45, 2.75) is 38.6 Å². The van der Waals surface area contributed by atoms with Crippen molar-refractivity contribution in [2.24, 2.45) is 5.73 Å². The van der Waals surface area contributed by atoms with Gasteiger partial charge in [0.05, 0.1) is 58.2 Å². The van der Waals surface area contributed by atoms with Gasteiger partial charge in [-0.1, -0.05) is 6.42 Å². The Balaban J connectivity index is 1.10. The Morgan fingerprint density at radius 3 is 2.37 bits per heavy atom. The molecule has 41 heavy (non-hydrogen) atoms. The number of fused-ring (bicyclic) bond motifs is 2. The van der Waals surface area contributed by atoms with E-state index in [0.717, 1.165) is 41.2 Å². The number of nitrogens with zero attached hydrogens (tertiary/aromatic N) is 5. The number of pyridine rings is 1. The molecule has 0 aliphatic rings. The van der Waals surface area contributed by atoms with Crippen molar-refractivity contribution in [3.05, 3.63) is 30.9 Å². The standard InChI is InChI=1S/C28H40N8O5/c29-7-11-39-13-15-41-17-16-40-14-12-38-10-6-23(37)4-2-1-3-9-36-28-24(26(30)33-20-34-28)25(35-36)22-18-21-5-8-31-27(21)32-19-22/h5,8,18-20H,1-4,6-7,9-17,29H2,(H,31,32)(H2,30,33,34). The number of nitrogen functional groups attached to an aromatic ring is 1. The summed E-state index contributed by atoms with van der Waals surface area (Å²) in [5.74, 6) is 0.593. The van der Waals surface area contributed by atoms with E-state index < -0.39 is 0 Å². The van der Waals surface area contributed by atoms with Gasteiger partial charge in [0.15, 0.2) is 5.65 Å². The average molecular weight is 569 g/mol. The van der Waals surface area contributed by atoms with E-state index in [2.05, 4.69) is 19.9 Å². The predicted molar refractivity (Wildman–Crippen MR) is 155 cm³/mol. The van der Waals surface area contributed by atoms with E-state index in [1.165, 1.54) is 6.33 Å². The van der Waals surface area contributed by atoms with Crippen LogP contribution >= 0.6 is 0 Å². The zero-order chi connectivity index (χ0) is 28.7. The topological polar surface area (TPSA) is 178 Å². The quantitative estimate of drug-likeness (QED) is 0.126. The van der Waals surface area contributed by atoms with Crippen LogP contribution in [0.5, 0.6) is 0 Å². The van der Waals surface area contributed by atoms with E-state index in [0.29, 0.717) is 95.9 Å². The lowest BCUT2D eigenvalue weighted by Gasteiger charge is -2.07. The number of ether oxygens (including phenoxy) is 4. The normalized spacial score (nSPS) is 11.6. The summed E-state index contributed by atoms with van der Waals surface area (Å²) in [6.45, 7) is 5.11. The molecule has 222 valence electrons. The second-order valence-corrected chi connectivity index (χ2v) is 9.51. The van der Waals surface area contributed by atoms with Crippen molar-refractivity contribution in [1.29, 1.82) is 0 Å². The molecule has 0 saturated carbocycles. The fourth-order valence-electron chi connectivity index (χ4n) is 4.37. The largest absolute Gasteiger partial charge is 0.383 e. The second kappa shape index (κ2) is 16.7. The number of Topliss-reactive ketones (excluding diaryl/α,β-unsaturated/α-hetero) is 1. The lowest BCUT2D eigenvalue weighted by molar-refractivity contribution is -0.120. The van der Waals surface area contributed by atoms with Gasteiger partial charge in [-0.25, -0.2) is 19.6 Å². The van der Waals surface area contributed by atoms with Crippen LogP contribution in [-0.2, 0) is 30.3 Å². The van der Waals surface area contributed by atoms with Gasteiger partial charge >= 0.3 is 0 Å². The number of nitrogens with two attached hydrogens (primary N) is 2. The number of carbonyl (C=O) groups is 1. The molecular weight excluding hydrogens is 528 g/mol. The summed E-state index contributed by atoms with van der Waals surface area (Å²) < 4.78 is 23.4. The average Bonchev–Trinajstić information content (AvgIpc) is 3.60. The van der Waals surface area contributed by atoms with E-state index in [4.69, 9.17) is 35.5 Å². The number of hydrogen-bond acceptors (Lipinski definition) is 11. The minimum Gasteiger partial charge on any atom is -0.383 e. The minimum atomic E-state index is 0.205. The number of aryl methyl sites for hydroxylation is 1. The molecule has 13 nitrogen and oxygen atoms in total. The van der Waals surface area contributed by atoms with Crippen LogP contribution in [0.15, 0.2) is 30.9 Å². The third-order valence-corrected chi connectivity index (χ3v) is 6.46. The summed E-state index contributed by atoms with van der Waals surface area (Å²) in [5.41, 5.74) is 14.6. The molecule has 0 bridgehead atoms. The maximum absolute atomic E-state index is 12.2. The summed E-state index contributed by atoms with van der Waals surface area (Å²) in [5, 5.41) is 6.53. The Hall–Kier alpha value is -3.49. The lowest BCUT2D eigenvalue weighted by Crippen LogP contribution is -2.14. The Kier molecular flexibility index (Phi) is 12.4. The summed E-state index contributed by atoms with van der Waals surface area (Å²) in [4.78, 5) is 28.4. The van der Waals surface area contributed by atoms with Crippen LogP contribution in [0.3, 0.4) is 0 Å². The van der Waals surface area contributed by atoms with Gasteiger partial charge in [0.1, 0.15) is 29.3 Å². The monoisotopic (exact) mass is 568 g/mol. The highest BCUT2D eigenvalue weighted by molar-refractivity contribution is 5.99. The second-order valence-electron chi connectivity index (χ2n) is 9.51. The molecule has 0 aliphatic carbocycles. The molecule has 4 rings (SSSR count). The Labute approximate surface area is 238 Å². The highest BCUT2D eigenvalue weighted by Crippen LogP contribution is 2.31. The van der Waals surface area contributed by atoms with Gasteiger partial charge < -0.3 is 35.4 Å². The number of hydrogen-bond donors (Lipinski definition) is 3. The van der Waals surface area contributed by atoms with Crippen molar-refractivity contribution in [2.75, 3.05) is 65.1 Å². The molecular formula is C28H40N8O5. The van der Waals surface area contributed by atoms with Crippen LogP contribution in [0.1, 0.15) is 32.1 Å². The van der Waals surface area contributed by atoms with Gasteiger partial charge in [0.25, 0.3) is 0 Å². The molecule has 0 aromatic carbocycles. The Morgan fingerprint density at radius 2 is 1.61 bits per heavy atom. The van der Waals surface area contributed by atoms with Crippen LogP contribution in [-0.4, -0.2) is 94.9 Å². The summed E-state index contributed by atoms with van der Waals surface area (Å²) in [7, 11) is 0. The van der Waals surface area contributed by atoms with Gasteiger partial charge in [-0.15, -0.1) is 0 Å². The Bertz CT molecular complexity index is 1360. The molecule has 0 fully saturated rings. The maximum Gasteiger partial charge on any atom is 0.163 e. The SMILES string of the molecule is NCCOCCOCCOCCOCCC(=O)CCCCCn1nc(-c2cnc3[nH]ccc3c2)c2c(N)ncnc21. The van der Waals surface area contributed by atoms with E-state index >= 15 is 0 Å². The predicted octanol–water partition coefficient (Wildman–Crippen LogP) is 2.50. The number of aromatic nitrogens is 6. The van der Waals surface area contributed by atoms with E-state index in [1.807, 2.05) is 23.0 Å². The highest BCUT2D eigenvalue weighted by Gasteiger charge is 2.17. The minimum absolute atomic E-state index is 0.205. The first kappa shape index (κ1) is 30.5. The fraction of sp³-hybridized carbons (Fsp3) is 0.536. The zero-order valence-electron chi connectivity index (χ0n) is 23.4. The molecule has 0 amide bonds. The van der Waals surface area contributed by atoms with Gasteiger partial charge in [-0.05, 0) is 25.0 Å². The van der Waals surface area contributed by atoms with Crippen LogP contribution in [0.2, 0.25) is 0 Å². The number of nitrogens with one attached hydrogen (secondary N) is 1. The van der Waals surface area contributed by atoms with Crippen LogP contribution < -0.4 is 11.5 Å². The highest BCUT2D eigenvalue weighted by atomic mass is 16.6. The number of carbonyl (C=O) groups excluding carboxylic acids is 1. The third kappa shape index (κ3) is 9.26. The molecule has 0 unspecified atom stereocenters. The molecule has 5 N–H and O–H groups in total. The zero-order valence-corrected chi connectivity index (χ0v) is 23.4. The lowest BCUT2D eigenvalue weighted by atomic mass is 10.1. The first-order valence-corrected chi connectivity index (χ1v) is 14.1. The number of H-pyrrole nitrogens is 1. The van der Waals surface area contributed by atoms with E-state index in [9.17, 15) is 4.79 Å². The van der Waals surface area contributed by atoms with E-state index in [-0.39, 0.29) is 5.78 Å². The van der Waals surface area contributed by atoms with Crippen LogP contribution in [0, 0.1) is 0 Å². The van der Waals surface area contributed by atoms with Gasteiger partial charge in [-0.3, -0.25) is 4.79 Å². The first-order valence-electron chi connectivity index (χ1n) is 14.1. The Morgan fingerprint density at radius 1 is 0.878 bits per heavy atom. The molecule has 0 atom stereocenters. The molecule has 4 heterocycles. The fourth-order valence-corrected chi connectivity index (χ4v) is 4.37. The van der Waals surface area contributed by atoms with Crippen LogP contribution in [0.25, 0.3) is 33.3 Å². The van der Waals surface area contributed by atoms with Gasteiger partial charge in [0, 0.05) is 49.3 Å². The molecule has 0 aliphatic heterocycles. The van der Waals surface area contributed by atoms with Crippen LogP contribution in [0.4, 0.5) is 5.82 Å². The third-order valence-electron chi connectivity index (χ3n) is 6.46. The molecule has 0 saturated heterocycles. The van der Waals surface area contributed by atoms with Crippen molar-refractivity contribution >= 4 is 33.7 Å². The first-order chi connectivity index (χ1) is 20.2. The maximum atomic E-state index is 12.2. The summed E-state index contributed by atoms with van der Waals surface area (Å²) >= 11 is 0. The van der Waals surface area contributed by atoms with Crippen molar-refractivity contribution < 1.29 is 23.7 Å². The molecule has 0 radical (unpaired) electrons. The smallest absolute Gasteiger partial charge is 0.163 e. The van der Waals surface area contributed by atoms with Gasteiger partial charge in [0.2, 0.25) is 0 Å². The van der Waals surface area contributed by atoms with Crippen molar-refractivity contribution in [1.82, 2.24) is 29.7 Å². The van der Waals surface area contributed by atoms with Gasteiger partial charge in [-0.2, -0.15) is 5.10 Å².